The SMILES string of the molecule is FC(F)(F)c1cccc(-c2nc(-c3ccccc3)nc(-c3ccccc3)n2)c1.c1ccc(-c2cc(-c3ccccc3)nc(-c3ccccc3)n2)cc1.c1ccc(-c2cccc(-c3ncnc(-c4cccc(-c5ccccc5)c4)n3)c2)cc1.c1ccc(-c2nc(-c3ccccc3)nc(-c3ccccc3)n2)cc1.c1ccc2cc(-c3ncnc(-c4ccc5ccccc5c4)n3)ccc2c1. The molecule has 17 aromatic carbocycles. The van der Waals surface area contributed by atoms with Gasteiger partial charge >= 0.3 is 6.18 Å². The van der Waals surface area contributed by atoms with Crippen LogP contribution in [0.1, 0.15) is 5.56 Å². The lowest BCUT2D eigenvalue weighted by Crippen LogP contribution is -2.05. The van der Waals surface area contributed by atoms with Gasteiger partial charge in [0.1, 0.15) is 12.7 Å². The van der Waals surface area contributed by atoms with Crippen LogP contribution in [0.5, 0.6) is 0 Å². The fraction of sp³-hybridized carbons (Fsp3) is 0.00870. The zero-order valence-corrected chi connectivity index (χ0v) is 71.0. The monoisotopic (exact) mass is 1710 g/mol. The number of benzene rings is 17. The van der Waals surface area contributed by atoms with E-state index in [1.807, 2.05) is 303 Å². The zero-order chi connectivity index (χ0) is 89.5. The van der Waals surface area contributed by atoms with Gasteiger partial charge in [-0.05, 0) is 86.3 Å². The minimum atomic E-state index is -4.44. The van der Waals surface area contributed by atoms with Gasteiger partial charge in [0.25, 0.3) is 0 Å². The van der Waals surface area contributed by atoms with E-state index in [2.05, 4.69) is 189 Å². The summed E-state index contributed by atoms with van der Waals surface area (Å²) in [7, 11) is 0. The Kier molecular flexibility index (Phi) is 26.5. The van der Waals surface area contributed by atoms with Crippen molar-refractivity contribution in [3.8, 4) is 170 Å². The van der Waals surface area contributed by atoms with Crippen LogP contribution in [-0.2, 0) is 6.18 Å². The smallest absolute Gasteiger partial charge is 0.228 e. The Morgan fingerprint density at radius 2 is 0.348 bits per heavy atom. The first-order valence-electron chi connectivity index (χ1n) is 42.7. The standard InChI is InChI=1S/C27H19N3.C23H15N3.C22H14F3N3.C22H16N2.C21H15N3/c1-3-9-20(10-4-1)22-13-7-15-24(17-22)26-28-19-29-27(30-26)25-16-8-14-23(18-25)21-11-5-2-6-12-21;1-3-7-18-13-20(11-9-16(18)5-1)22-24-15-25-23(26-22)21-12-10-17-6-2-4-8-19(17)14-21;23-22(24,25)18-13-7-12-17(14-18)21-27-19(15-8-3-1-4-9-15)26-20(28-21)16-10-5-2-6-11-16;1-4-10-17(11-5-1)20-16-21(18-12-6-2-7-13-18)24-22(23-20)19-14-8-3-9-15-19;1-4-10-16(11-5-1)19-22-20(17-12-6-2-7-13-17)24-21(23-19)18-14-8-3-9-15-18/h1-19H;1-15H;1-14H;1-16H;1-15H. The number of hydrogen-bond donors (Lipinski definition) is 0. The number of aromatic nitrogens is 14. The van der Waals surface area contributed by atoms with E-state index in [4.69, 9.17) is 19.9 Å². The van der Waals surface area contributed by atoms with Crippen LogP contribution in [0, 0.1) is 0 Å². The molecule has 22 rings (SSSR count). The Bertz CT molecular complexity index is 6910. The Labute approximate surface area is 761 Å². The molecule has 5 aromatic heterocycles. The Morgan fingerprint density at radius 1 is 0.136 bits per heavy atom. The van der Waals surface area contributed by atoms with Gasteiger partial charge in [0.2, 0.25) is 0 Å². The first-order valence-corrected chi connectivity index (χ1v) is 42.7. The van der Waals surface area contributed by atoms with Gasteiger partial charge in [0.15, 0.2) is 64.1 Å². The summed E-state index contributed by atoms with van der Waals surface area (Å²) in [5.41, 5.74) is 17.6. The highest BCUT2D eigenvalue weighted by Crippen LogP contribution is 2.36. The van der Waals surface area contributed by atoms with Gasteiger partial charge in [0, 0.05) is 72.3 Å². The maximum atomic E-state index is 13.1. The zero-order valence-electron chi connectivity index (χ0n) is 71.0. The highest BCUT2D eigenvalue weighted by atomic mass is 19.4. The van der Waals surface area contributed by atoms with Crippen LogP contribution >= 0.6 is 0 Å². The molecule has 0 unspecified atom stereocenters. The summed E-state index contributed by atoms with van der Waals surface area (Å²) in [5, 5.41) is 4.77. The lowest BCUT2D eigenvalue weighted by molar-refractivity contribution is -0.137. The van der Waals surface area contributed by atoms with Gasteiger partial charge in [-0.3, -0.25) is 0 Å². The molecule has 0 aliphatic rings. The van der Waals surface area contributed by atoms with Crippen molar-refractivity contribution in [2.75, 3.05) is 0 Å². The third kappa shape index (κ3) is 21.5. The topological polar surface area (TPSA) is 180 Å². The second kappa shape index (κ2) is 41.1. The molecule has 0 radical (unpaired) electrons. The van der Waals surface area contributed by atoms with Crippen molar-refractivity contribution >= 4 is 21.5 Å². The quantitative estimate of drug-likeness (QED) is 0.0945. The van der Waals surface area contributed by atoms with E-state index in [0.717, 1.165) is 107 Å². The first kappa shape index (κ1) is 85.0. The second-order valence-electron chi connectivity index (χ2n) is 30.4. The molecule has 0 atom stereocenters. The Hall–Kier alpha value is -17.8. The summed E-state index contributed by atoms with van der Waals surface area (Å²) in [6, 6.07) is 152. The van der Waals surface area contributed by atoms with Crippen molar-refractivity contribution in [3.05, 3.63) is 485 Å². The second-order valence-corrected chi connectivity index (χ2v) is 30.4. The van der Waals surface area contributed by atoms with Crippen molar-refractivity contribution < 1.29 is 13.2 Å². The fourth-order valence-corrected chi connectivity index (χ4v) is 14.7. The average Bonchev–Trinajstić information content (AvgIpc) is 0.817. The van der Waals surface area contributed by atoms with Crippen molar-refractivity contribution in [2.45, 2.75) is 6.18 Å². The number of halogens is 3. The van der Waals surface area contributed by atoms with E-state index >= 15 is 0 Å². The van der Waals surface area contributed by atoms with Gasteiger partial charge in [0.05, 0.1) is 17.0 Å². The van der Waals surface area contributed by atoms with E-state index in [1.54, 1.807) is 18.7 Å². The third-order valence-corrected chi connectivity index (χ3v) is 21.4. The van der Waals surface area contributed by atoms with E-state index < -0.39 is 11.7 Å². The normalized spacial score (nSPS) is 10.8. The molecule has 0 aliphatic carbocycles. The molecule has 0 N–H and O–H groups in total. The van der Waals surface area contributed by atoms with Crippen LogP contribution < -0.4 is 0 Å². The van der Waals surface area contributed by atoms with Gasteiger partial charge in [-0.2, -0.15) is 13.2 Å². The number of fused-ring (bicyclic) bond motifs is 2. The molecular formula is C115H79F3N14. The summed E-state index contributed by atoms with van der Waals surface area (Å²) in [4.78, 5) is 64.1. The van der Waals surface area contributed by atoms with Crippen molar-refractivity contribution in [3.63, 3.8) is 0 Å². The van der Waals surface area contributed by atoms with E-state index in [0.29, 0.717) is 52.4 Å². The van der Waals surface area contributed by atoms with Gasteiger partial charge in [-0.25, -0.2) is 69.8 Å². The minimum Gasteiger partial charge on any atom is -0.228 e. The Balaban J connectivity index is 0.000000111. The summed E-state index contributed by atoms with van der Waals surface area (Å²) < 4.78 is 39.4. The molecule has 17 heteroatoms. The van der Waals surface area contributed by atoms with Crippen LogP contribution in [-0.4, -0.2) is 69.8 Å². The lowest BCUT2D eigenvalue weighted by Gasteiger charge is -2.10. The number of alkyl halides is 3. The lowest BCUT2D eigenvalue weighted by atomic mass is 10.0. The van der Waals surface area contributed by atoms with Crippen LogP contribution in [0.4, 0.5) is 13.2 Å². The average molecular weight is 1710 g/mol. The first-order chi connectivity index (χ1) is 65.0. The van der Waals surface area contributed by atoms with Gasteiger partial charge in [-0.15, -0.1) is 0 Å². The summed E-state index contributed by atoms with van der Waals surface area (Å²) in [6.07, 6.45) is -1.27. The number of hydrogen-bond acceptors (Lipinski definition) is 14. The molecule has 630 valence electrons. The minimum absolute atomic E-state index is 0.193. The molecule has 0 saturated heterocycles. The highest BCUT2D eigenvalue weighted by molar-refractivity contribution is 5.88. The van der Waals surface area contributed by atoms with Crippen molar-refractivity contribution in [1.29, 1.82) is 0 Å². The molecule has 22 aromatic rings. The van der Waals surface area contributed by atoms with Crippen LogP contribution in [0.2, 0.25) is 0 Å². The summed E-state index contributed by atoms with van der Waals surface area (Å²) in [6.45, 7) is 0. The third-order valence-electron chi connectivity index (χ3n) is 21.4. The Morgan fingerprint density at radius 3 is 0.644 bits per heavy atom. The van der Waals surface area contributed by atoms with Gasteiger partial charge in [-0.1, -0.05) is 425 Å². The maximum Gasteiger partial charge on any atom is 0.416 e. The molecule has 132 heavy (non-hydrogen) atoms. The molecule has 0 amide bonds. The predicted molar refractivity (Wildman–Crippen MR) is 523 cm³/mol. The summed E-state index contributed by atoms with van der Waals surface area (Å²) in [5.74, 6) is 6.52. The predicted octanol–water partition coefficient (Wildman–Crippen LogP) is 28.3. The molecule has 0 saturated carbocycles. The number of nitrogens with zero attached hydrogens (tertiary/aromatic N) is 14. The molecule has 0 spiro atoms. The van der Waals surface area contributed by atoms with E-state index in [-0.39, 0.29) is 11.4 Å². The van der Waals surface area contributed by atoms with E-state index in [1.165, 1.54) is 38.7 Å². The van der Waals surface area contributed by atoms with E-state index in [9.17, 15) is 13.2 Å². The maximum absolute atomic E-state index is 13.1. The molecule has 5 heterocycles. The number of rotatable bonds is 15. The molecule has 0 fully saturated rings. The van der Waals surface area contributed by atoms with Crippen LogP contribution in [0.25, 0.3) is 192 Å². The molecule has 0 aliphatic heterocycles. The van der Waals surface area contributed by atoms with Crippen LogP contribution in [0.15, 0.2) is 480 Å². The largest absolute Gasteiger partial charge is 0.416 e. The van der Waals surface area contributed by atoms with Crippen molar-refractivity contribution in [1.82, 2.24) is 69.8 Å². The molecular weight excluding hydrogens is 1630 g/mol. The fourth-order valence-electron chi connectivity index (χ4n) is 14.7. The molecule has 0 bridgehead atoms. The highest BCUT2D eigenvalue weighted by Gasteiger charge is 2.31. The molecule has 14 nitrogen and oxygen atoms in total. The van der Waals surface area contributed by atoms with Crippen LogP contribution in [0.3, 0.4) is 0 Å². The summed E-state index contributed by atoms with van der Waals surface area (Å²) >= 11 is 0. The van der Waals surface area contributed by atoms with Crippen molar-refractivity contribution in [2.24, 2.45) is 0 Å². The van der Waals surface area contributed by atoms with Gasteiger partial charge < -0.3 is 0 Å².